The van der Waals surface area contributed by atoms with Crippen LogP contribution in [-0.2, 0) is 6.61 Å². The number of amides is 1. The molecule has 2 aromatic carbocycles. The fourth-order valence-electron chi connectivity index (χ4n) is 2.86. The van der Waals surface area contributed by atoms with Gasteiger partial charge in [0.2, 0.25) is 0 Å². The van der Waals surface area contributed by atoms with Crippen molar-refractivity contribution in [2.45, 2.75) is 13.0 Å². The van der Waals surface area contributed by atoms with Crippen molar-refractivity contribution in [3.8, 4) is 5.75 Å². The highest BCUT2D eigenvalue weighted by Crippen LogP contribution is 2.21. The summed E-state index contributed by atoms with van der Waals surface area (Å²) in [5.74, 6) is 1.14. The minimum atomic E-state index is 0.0443. The SMILES string of the molecule is NC[C@H]1CCN(C(=O)c2cccc(OCc3ccc(Cl)cc3)c2)C1. The van der Waals surface area contributed by atoms with Crippen molar-refractivity contribution in [3.63, 3.8) is 0 Å². The summed E-state index contributed by atoms with van der Waals surface area (Å²) in [5, 5.41) is 0.702. The average molecular weight is 345 g/mol. The first-order valence-electron chi connectivity index (χ1n) is 8.12. The van der Waals surface area contributed by atoms with Crippen molar-refractivity contribution in [2.75, 3.05) is 19.6 Å². The van der Waals surface area contributed by atoms with Crippen LogP contribution in [0.2, 0.25) is 5.02 Å². The summed E-state index contributed by atoms with van der Waals surface area (Å²) >= 11 is 5.88. The van der Waals surface area contributed by atoms with E-state index >= 15 is 0 Å². The van der Waals surface area contributed by atoms with Gasteiger partial charge in [-0.15, -0.1) is 0 Å². The maximum atomic E-state index is 12.6. The Balaban J connectivity index is 1.63. The van der Waals surface area contributed by atoms with Crippen LogP contribution >= 0.6 is 11.6 Å². The highest BCUT2D eigenvalue weighted by atomic mass is 35.5. The third-order valence-electron chi connectivity index (χ3n) is 4.31. The number of halogens is 1. The van der Waals surface area contributed by atoms with E-state index in [0.29, 0.717) is 35.4 Å². The molecule has 0 radical (unpaired) electrons. The second kappa shape index (κ2) is 7.69. The van der Waals surface area contributed by atoms with Gasteiger partial charge in [-0.25, -0.2) is 0 Å². The molecule has 1 aliphatic rings. The number of nitrogens with two attached hydrogens (primary N) is 1. The topological polar surface area (TPSA) is 55.6 Å². The predicted molar refractivity (Wildman–Crippen MR) is 95.3 cm³/mol. The molecule has 0 spiro atoms. The molecule has 0 saturated carbocycles. The van der Waals surface area contributed by atoms with Crippen molar-refractivity contribution in [1.29, 1.82) is 0 Å². The summed E-state index contributed by atoms with van der Waals surface area (Å²) in [6.07, 6.45) is 0.981. The molecule has 126 valence electrons. The summed E-state index contributed by atoms with van der Waals surface area (Å²) < 4.78 is 5.79. The van der Waals surface area contributed by atoms with Crippen LogP contribution in [0.3, 0.4) is 0 Å². The van der Waals surface area contributed by atoms with Crippen molar-refractivity contribution >= 4 is 17.5 Å². The van der Waals surface area contributed by atoms with E-state index in [9.17, 15) is 4.79 Å². The van der Waals surface area contributed by atoms with Gasteiger partial charge in [-0.2, -0.15) is 0 Å². The van der Waals surface area contributed by atoms with E-state index in [1.165, 1.54) is 0 Å². The van der Waals surface area contributed by atoms with E-state index < -0.39 is 0 Å². The molecule has 5 heteroatoms. The lowest BCUT2D eigenvalue weighted by atomic mass is 10.1. The Morgan fingerprint density at radius 1 is 1.25 bits per heavy atom. The monoisotopic (exact) mass is 344 g/mol. The molecule has 0 bridgehead atoms. The number of rotatable bonds is 5. The predicted octanol–water partition coefficient (Wildman–Crippen LogP) is 3.34. The Morgan fingerprint density at radius 3 is 2.75 bits per heavy atom. The zero-order chi connectivity index (χ0) is 16.9. The van der Waals surface area contributed by atoms with E-state index in [1.54, 1.807) is 6.07 Å². The number of likely N-dealkylation sites (tertiary alicyclic amines) is 1. The number of carbonyl (C=O) groups is 1. The number of hydrogen-bond acceptors (Lipinski definition) is 3. The number of carbonyl (C=O) groups excluding carboxylic acids is 1. The number of ether oxygens (including phenoxy) is 1. The van der Waals surface area contributed by atoms with Gasteiger partial charge in [0.05, 0.1) is 0 Å². The summed E-state index contributed by atoms with van der Waals surface area (Å²) in [6, 6.07) is 14.9. The van der Waals surface area contributed by atoms with Crippen molar-refractivity contribution < 1.29 is 9.53 Å². The molecular weight excluding hydrogens is 324 g/mol. The van der Waals surface area contributed by atoms with Crippen LogP contribution in [-0.4, -0.2) is 30.4 Å². The molecule has 4 nitrogen and oxygen atoms in total. The van der Waals surface area contributed by atoms with Crippen LogP contribution in [0.1, 0.15) is 22.3 Å². The van der Waals surface area contributed by atoms with Gasteiger partial charge >= 0.3 is 0 Å². The van der Waals surface area contributed by atoms with Gasteiger partial charge in [-0.3, -0.25) is 4.79 Å². The summed E-state index contributed by atoms with van der Waals surface area (Å²) in [4.78, 5) is 14.5. The average Bonchev–Trinajstić information content (AvgIpc) is 3.10. The van der Waals surface area contributed by atoms with Gasteiger partial charge in [0.1, 0.15) is 12.4 Å². The summed E-state index contributed by atoms with van der Waals surface area (Å²) in [5.41, 5.74) is 7.38. The molecule has 0 aliphatic carbocycles. The molecule has 24 heavy (non-hydrogen) atoms. The van der Waals surface area contributed by atoms with Crippen molar-refractivity contribution in [2.24, 2.45) is 11.7 Å². The van der Waals surface area contributed by atoms with E-state index in [1.807, 2.05) is 47.4 Å². The van der Waals surface area contributed by atoms with Crippen molar-refractivity contribution in [1.82, 2.24) is 4.90 Å². The minimum Gasteiger partial charge on any atom is -0.489 e. The van der Waals surface area contributed by atoms with Gasteiger partial charge in [-0.05, 0) is 54.8 Å². The highest BCUT2D eigenvalue weighted by Gasteiger charge is 2.26. The van der Waals surface area contributed by atoms with Crippen LogP contribution in [0.25, 0.3) is 0 Å². The molecule has 2 aromatic rings. The third-order valence-corrected chi connectivity index (χ3v) is 4.56. The van der Waals surface area contributed by atoms with Crippen molar-refractivity contribution in [3.05, 3.63) is 64.7 Å². The van der Waals surface area contributed by atoms with E-state index in [-0.39, 0.29) is 5.91 Å². The molecule has 1 aliphatic heterocycles. The quantitative estimate of drug-likeness (QED) is 0.905. The van der Waals surface area contributed by atoms with E-state index in [4.69, 9.17) is 22.1 Å². The lowest BCUT2D eigenvalue weighted by Crippen LogP contribution is -2.29. The summed E-state index contributed by atoms with van der Waals surface area (Å²) in [7, 11) is 0. The maximum Gasteiger partial charge on any atom is 0.253 e. The first kappa shape index (κ1) is 16.8. The summed E-state index contributed by atoms with van der Waals surface area (Å²) in [6.45, 7) is 2.59. The van der Waals surface area contributed by atoms with Gasteiger partial charge in [-0.1, -0.05) is 29.8 Å². The Hall–Kier alpha value is -2.04. The lowest BCUT2D eigenvalue weighted by molar-refractivity contribution is 0.0787. The van der Waals surface area contributed by atoms with Crippen LogP contribution in [0.4, 0.5) is 0 Å². The number of nitrogens with zero attached hydrogens (tertiary/aromatic N) is 1. The first-order valence-corrected chi connectivity index (χ1v) is 8.50. The molecule has 3 rings (SSSR count). The zero-order valence-electron chi connectivity index (χ0n) is 13.5. The second-order valence-electron chi connectivity index (χ2n) is 6.08. The molecular formula is C19H21ClN2O2. The van der Waals surface area contributed by atoms with Gasteiger partial charge in [0.15, 0.2) is 0 Å². The fraction of sp³-hybridized carbons (Fsp3) is 0.316. The Kier molecular flexibility index (Phi) is 5.38. The normalized spacial score (nSPS) is 17.1. The molecule has 1 atom stereocenters. The first-order chi connectivity index (χ1) is 11.7. The molecule has 1 fully saturated rings. The van der Waals surface area contributed by atoms with Gasteiger partial charge in [0, 0.05) is 23.7 Å². The second-order valence-corrected chi connectivity index (χ2v) is 6.52. The number of hydrogen-bond donors (Lipinski definition) is 1. The molecule has 1 amide bonds. The van der Waals surface area contributed by atoms with E-state index in [0.717, 1.165) is 25.1 Å². The fourth-order valence-corrected chi connectivity index (χ4v) is 2.98. The Bertz CT molecular complexity index is 703. The molecule has 0 unspecified atom stereocenters. The number of benzene rings is 2. The van der Waals surface area contributed by atoms with Gasteiger partial charge < -0.3 is 15.4 Å². The van der Waals surface area contributed by atoms with E-state index in [2.05, 4.69) is 0 Å². The van der Waals surface area contributed by atoms with Crippen LogP contribution in [0.15, 0.2) is 48.5 Å². The minimum absolute atomic E-state index is 0.0443. The Labute approximate surface area is 147 Å². The van der Waals surface area contributed by atoms with Crippen LogP contribution in [0, 0.1) is 5.92 Å². The zero-order valence-corrected chi connectivity index (χ0v) is 14.2. The standard InChI is InChI=1S/C19H21ClN2O2/c20-17-6-4-14(5-7-17)13-24-18-3-1-2-16(10-18)19(23)22-9-8-15(11-21)12-22/h1-7,10,15H,8-9,11-13,21H2/t15-/m1/s1. The largest absolute Gasteiger partial charge is 0.489 e. The highest BCUT2D eigenvalue weighted by molar-refractivity contribution is 6.30. The van der Waals surface area contributed by atoms with Crippen LogP contribution in [0.5, 0.6) is 5.75 Å². The van der Waals surface area contributed by atoms with Gasteiger partial charge in [0.25, 0.3) is 5.91 Å². The third kappa shape index (κ3) is 4.08. The molecule has 0 aromatic heterocycles. The molecule has 2 N–H and O–H groups in total. The lowest BCUT2D eigenvalue weighted by Gasteiger charge is -2.17. The molecule has 1 saturated heterocycles. The maximum absolute atomic E-state index is 12.6. The van der Waals surface area contributed by atoms with Crippen LogP contribution < -0.4 is 10.5 Å². The smallest absolute Gasteiger partial charge is 0.253 e. The Morgan fingerprint density at radius 2 is 2.04 bits per heavy atom. The molecule has 1 heterocycles.